The zero-order chi connectivity index (χ0) is 21.1. The summed E-state index contributed by atoms with van der Waals surface area (Å²) in [5, 5.41) is 2.13. The summed E-state index contributed by atoms with van der Waals surface area (Å²) in [6, 6.07) is 19.6. The second-order valence-electron chi connectivity index (χ2n) is 6.80. The fraction of sp³-hybridized carbons (Fsp3) is 0.130. The maximum atomic E-state index is 14.0. The Balaban J connectivity index is 1.66. The molecule has 1 saturated heterocycles. The molecule has 30 heavy (non-hydrogen) atoms. The average Bonchev–Trinajstić information content (AvgIpc) is 3.21. The van der Waals surface area contributed by atoms with Gasteiger partial charge in [0.2, 0.25) is 5.91 Å². The van der Waals surface area contributed by atoms with E-state index in [1.165, 1.54) is 47.0 Å². The van der Waals surface area contributed by atoms with Gasteiger partial charge < -0.3 is 10.2 Å². The summed E-state index contributed by atoms with van der Waals surface area (Å²) in [6.45, 7) is 0. The van der Waals surface area contributed by atoms with E-state index >= 15 is 0 Å². The summed E-state index contributed by atoms with van der Waals surface area (Å²) in [4.78, 5) is 27.8. The third-order valence-electron chi connectivity index (χ3n) is 4.85. The van der Waals surface area contributed by atoms with Crippen molar-refractivity contribution in [3.8, 4) is 0 Å². The van der Waals surface area contributed by atoms with E-state index in [9.17, 15) is 18.4 Å². The molecule has 0 spiro atoms. The van der Waals surface area contributed by atoms with Crippen LogP contribution in [0.4, 0.5) is 14.5 Å². The highest BCUT2D eigenvalue weighted by Gasteiger charge is 2.42. The first kappa shape index (κ1) is 20.1. The van der Waals surface area contributed by atoms with Gasteiger partial charge in [0, 0.05) is 11.3 Å². The summed E-state index contributed by atoms with van der Waals surface area (Å²) in [6.07, 6.45) is 0. The third kappa shape index (κ3) is 4.07. The number of para-hydroxylation sites is 1. The van der Waals surface area contributed by atoms with Gasteiger partial charge in [0.25, 0.3) is 5.91 Å². The lowest BCUT2D eigenvalue weighted by molar-refractivity contribution is -0.119. The van der Waals surface area contributed by atoms with Crippen LogP contribution in [-0.4, -0.2) is 28.5 Å². The first-order valence-electron chi connectivity index (χ1n) is 9.35. The van der Waals surface area contributed by atoms with E-state index < -0.39 is 23.1 Å². The number of hydrogen-bond acceptors (Lipinski definition) is 3. The lowest BCUT2D eigenvalue weighted by atomic mass is 10.1. The second-order valence-corrected chi connectivity index (χ2v) is 7.91. The monoisotopic (exact) mass is 424 g/mol. The molecule has 1 heterocycles. The maximum Gasteiger partial charge on any atom is 0.255 e. The Morgan fingerprint density at radius 3 is 2.27 bits per heavy atom. The minimum atomic E-state index is -0.808. The molecule has 0 bridgehead atoms. The Labute approximate surface area is 176 Å². The van der Waals surface area contributed by atoms with Crippen molar-refractivity contribution in [1.29, 1.82) is 0 Å². The number of nitrogens with zero attached hydrogens (tertiary/aromatic N) is 1. The predicted molar refractivity (Wildman–Crippen MR) is 113 cm³/mol. The minimum Gasteiger partial charge on any atom is -0.322 e. The molecule has 1 fully saturated rings. The van der Waals surface area contributed by atoms with Crippen molar-refractivity contribution in [2.75, 3.05) is 11.1 Å². The number of carbonyl (C=O) groups is 2. The van der Waals surface area contributed by atoms with Crippen LogP contribution in [0.25, 0.3) is 0 Å². The molecule has 4 rings (SSSR count). The van der Waals surface area contributed by atoms with Crippen LogP contribution < -0.4 is 5.32 Å². The highest BCUT2D eigenvalue weighted by Crippen LogP contribution is 2.42. The van der Waals surface area contributed by atoms with Gasteiger partial charge in [-0.3, -0.25) is 9.59 Å². The van der Waals surface area contributed by atoms with Gasteiger partial charge in [-0.25, -0.2) is 8.78 Å². The van der Waals surface area contributed by atoms with Crippen molar-refractivity contribution >= 4 is 29.3 Å². The molecule has 0 saturated carbocycles. The Hall–Kier alpha value is -3.19. The number of nitrogens with one attached hydrogen (secondary N) is 1. The van der Waals surface area contributed by atoms with Crippen LogP contribution in [0.2, 0.25) is 0 Å². The third-order valence-corrected chi connectivity index (χ3v) is 6.17. The number of benzene rings is 3. The quantitative estimate of drug-likeness (QED) is 0.651. The second kappa shape index (κ2) is 8.67. The largest absolute Gasteiger partial charge is 0.322 e. The van der Waals surface area contributed by atoms with Gasteiger partial charge in [0.05, 0.1) is 5.69 Å². The number of amides is 2. The van der Waals surface area contributed by atoms with Crippen molar-refractivity contribution in [3.63, 3.8) is 0 Å². The van der Waals surface area contributed by atoms with Crippen LogP contribution in [0, 0.1) is 11.6 Å². The van der Waals surface area contributed by atoms with Crippen LogP contribution in [-0.2, 0) is 4.79 Å². The van der Waals surface area contributed by atoms with Crippen LogP contribution in [0.5, 0.6) is 0 Å². The molecular formula is C23H18F2N2O2S. The molecule has 0 aliphatic carbocycles. The van der Waals surface area contributed by atoms with Gasteiger partial charge in [0.15, 0.2) is 0 Å². The lowest BCUT2D eigenvalue weighted by Gasteiger charge is -2.29. The number of thioether (sulfide) groups is 1. The first-order valence-corrected chi connectivity index (χ1v) is 10.4. The smallest absolute Gasteiger partial charge is 0.255 e. The van der Waals surface area contributed by atoms with Crippen molar-refractivity contribution in [3.05, 3.63) is 102 Å². The van der Waals surface area contributed by atoms with Crippen molar-refractivity contribution in [1.82, 2.24) is 4.90 Å². The maximum absolute atomic E-state index is 14.0. The Morgan fingerprint density at radius 1 is 0.900 bits per heavy atom. The summed E-state index contributed by atoms with van der Waals surface area (Å²) >= 11 is 1.41. The molecular weight excluding hydrogens is 406 g/mol. The van der Waals surface area contributed by atoms with E-state index in [0.29, 0.717) is 16.9 Å². The highest BCUT2D eigenvalue weighted by atomic mass is 32.2. The molecule has 2 atom stereocenters. The normalized spacial score (nSPS) is 18.3. The summed E-state index contributed by atoms with van der Waals surface area (Å²) < 4.78 is 27.4. The predicted octanol–water partition coefficient (Wildman–Crippen LogP) is 4.86. The number of hydrogen-bond donors (Lipinski definition) is 1. The highest BCUT2D eigenvalue weighted by molar-refractivity contribution is 7.99. The number of carbonyl (C=O) groups excluding carboxylic acids is 2. The number of halogens is 2. The van der Waals surface area contributed by atoms with Crippen molar-refractivity contribution < 1.29 is 18.4 Å². The summed E-state index contributed by atoms with van der Waals surface area (Å²) in [5.74, 6) is -1.38. The van der Waals surface area contributed by atoms with Gasteiger partial charge in [0.1, 0.15) is 23.1 Å². The van der Waals surface area contributed by atoms with Gasteiger partial charge in [-0.15, -0.1) is 11.8 Å². The van der Waals surface area contributed by atoms with Crippen LogP contribution in [0.15, 0.2) is 78.9 Å². The molecule has 1 aliphatic rings. The van der Waals surface area contributed by atoms with E-state index in [-0.39, 0.29) is 17.4 Å². The van der Waals surface area contributed by atoms with E-state index in [1.807, 2.05) is 0 Å². The van der Waals surface area contributed by atoms with E-state index in [2.05, 4.69) is 5.32 Å². The fourth-order valence-corrected chi connectivity index (χ4v) is 4.78. The molecule has 4 nitrogen and oxygen atoms in total. The van der Waals surface area contributed by atoms with Gasteiger partial charge in [-0.1, -0.05) is 42.5 Å². The molecule has 7 heteroatoms. The van der Waals surface area contributed by atoms with E-state index in [1.54, 1.807) is 48.5 Å². The number of anilines is 1. The van der Waals surface area contributed by atoms with Crippen LogP contribution >= 0.6 is 11.8 Å². The lowest BCUT2D eigenvalue weighted by Crippen LogP contribution is -2.45. The Kier molecular flexibility index (Phi) is 5.81. The van der Waals surface area contributed by atoms with Crippen molar-refractivity contribution in [2.45, 2.75) is 11.4 Å². The molecule has 3 aromatic carbocycles. The molecule has 2 unspecified atom stereocenters. The summed E-state index contributed by atoms with van der Waals surface area (Å²) in [5.41, 5.74) is 1.22. The molecule has 1 aliphatic heterocycles. The zero-order valence-corrected chi connectivity index (χ0v) is 16.6. The standard InChI is InChI=1S/C23H18F2N2O2S/c24-17-12-10-16(11-13-17)23-27(22(29)15-6-2-1-3-7-15)20(14-30-23)21(28)26-19-9-5-4-8-18(19)25/h1-13,20,23H,14H2,(H,26,28). The minimum absolute atomic E-state index is 0.0600. The van der Waals surface area contributed by atoms with E-state index in [0.717, 1.165) is 0 Å². The van der Waals surface area contributed by atoms with Crippen LogP contribution in [0.3, 0.4) is 0 Å². The topological polar surface area (TPSA) is 49.4 Å². The van der Waals surface area contributed by atoms with E-state index in [4.69, 9.17) is 0 Å². The summed E-state index contributed by atoms with van der Waals surface area (Å²) in [7, 11) is 0. The average molecular weight is 424 g/mol. The number of rotatable bonds is 4. The SMILES string of the molecule is O=C(Nc1ccccc1F)C1CSC(c2ccc(F)cc2)N1C(=O)c1ccccc1. The van der Waals surface area contributed by atoms with Gasteiger partial charge in [-0.2, -0.15) is 0 Å². The van der Waals surface area contributed by atoms with Gasteiger partial charge >= 0.3 is 0 Å². The molecule has 0 aromatic heterocycles. The molecule has 0 radical (unpaired) electrons. The molecule has 1 N–H and O–H groups in total. The van der Waals surface area contributed by atoms with Crippen molar-refractivity contribution in [2.24, 2.45) is 0 Å². The zero-order valence-electron chi connectivity index (χ0n) is 15.8. The Bertz CT molecular complexity index is 1060. The van der Waals surface area contributed by atoms with Crippen LogP contribution in [0.1, 0.15) is 21.3 Å². The first-order chi connectivity index (χ1) is 14.5. The fourth-order valence-electron chi connectivity index (χ4n) is 3.35. The molecule has 152 valence electrons. The van der Waals surface area contributed by atoms with Gasteiger partial charge in [-0.05, 0) is 42.0 Å². The molecule has 3 aromatic rings. The Morgan fingerprint density at radius 2 is 1.57 bits per heavy atom. The molecule has 2 amide bonds.